The van der Waals surface area contributed by atoms with Gasteiger partial charge in [0.25, 0.3) is 0 Å². The Bertz CT molecular complexity index is 277. The van der Waals surface area contributed by atoms with Crippen molar-refractivity contribution >= 4 is 12.0 Å². The minimum atomic E-state index is -1.07. The highest BCUT2D eigenvalue weighted by molar-refractivity contribution is 5.82. The number of amides is 2. The number of nitrogens with one attached hydrogen (secondary N) is 1. The van der Waals surface area contributed by atoms with Gasteiger partial charge in [0.1, 0.15) is 6.04 Å². The fraction of sp³-hybridized carbons (Fsp3) is 0.778. The van der Waals surface area contributed by atoms with E-state index in [2.05, 4.69) is 5.32 Å². The van der Waals surface area contributed by atoms with Gasteiger partial charge < -0.3 is 20.4 Å². The molecule has 0 aromatic carbocycles. The second kappa shape index (κ2) is 4.06. The van der Waals surface area contributed by atoms with Gasteiger partial charge in [-0.1, -0.05) is 0 Å². The van der Waals surface area contributed by atoms with Crippen LogP contribution in [0.4, 0.5) is 4.79 Å². The Morgan fingerprint density at radius 1 is 1.53 bits per heavy atom. The van der Waals surface area contributed by atoms with E-state index in [1.807, 2.05) is 0 Å². The number of rotatable bonds is 2. The molecule has 86 valence electrons. The van der Waals surface area contributed by atoms with Crippen molar-refractivity contribution in [3.8, 4) is 0 Å². The predicted octanol–water partition coefficient (Wildman–Crippen LogP) is -0.374. The molecule has 0 bridgehead atoms. The maximum absolute atomic E-state index is 11.5. The number of carbonyl (C=O) groups is 2. The van der Waals surface area contributed by atoms with Crippen molar-refractivity contribution in [3.63, 3.8) is 0 Å². The summed E-state index contributed by atoms with van der Waals surface area (Å²) >= 11 is 0. The van der Waals surface area contributed by atoms with E-state index in [4.69, 9.17) is 5.11 Å². The van der Waals surface area contributed by atoms with Crippen molar-refractivity contribution in [1.29, 1.82) is 0 Å². The topological polar surface area (TPSA) is 89.9 Å². The number of carbonyl (C=O) groups excluding carboxylic acids is 1. The Morgan fingerprint density at radius 2 is 2.13 bits per heavy atom. The van der Waals surface area contributed by atoms with E-state index in [0.29, 0.717) is 13.0 Å². The van der Waals surface area contributed by atoms with E-state index >= 15 is 0 Å². The third kappa shape index (κ3) is 3.09. The molecule has 6 heteroatoms. The van der Waals surface area contributed by atoms with Gasteiger partial charge in [0.15, 0.2) is 0 Å². The second-order valence-corrected chi connectivity index (χ2v) is 4.18. The molecule has 2 amide bonds. The average molecular weight is 216 g/mol. The van der Waals surface area contributed by atoms with Crippen molar-refractivity contribution < 1.29 is 19.8 Å². The van der Waals surface area contributed by atoms with Crippen LogP contribution in [-0.2, 0) is 4.79 Å². The number of hydrogen-bond acceptors (Lipinski definition) is 3. The number of aliphatic hydroxyl groups is 1. The Labute approximate surface area is 87.9 Å². The molecule has 0 aromatic heterocycles. The molecule has 1 aliphatic rings. The predicted molar refractivity (Wildman–Crippen MR) is 52.4 cm³/mol. The lowest BCUT2D eigenvalue weighted by Gasteiger charge is -2.20. The normalized spacial score (nSPS) is 27.5. The largest absolute Gasteiger partial charge is 0.480 e. The van der Waals surface area contributed by atoms with Crippen molar-refractivity contribution in [3.05, 3.63) is 0 Å². The second-order valence-electron chi connectivity index (χ2n) is 4.18. The zero-order valence-electron chi connectivity index (χ0n) is 8.86. The van der Waals surface area contributed by atoms with Crippen LogP contribution in [0.15, 0.2) is 0 Å². The Hall–Kier alpha value is -1.30. The molecule has 0 spiro atoms. The summed E-state index contributed by atoms with van der Waals surface area (Å²) in [7, 11) is 0. The summed E-state index contributed by atoms with van der Waals surface area (Å²) in [6.07, 6.45) is 0.516. The smallest absolute Gasteiger partial charge is 0.325 e. The van der Waals surface area contributed by atoms with Crippen molar-refractivity contribution in [2.75, 3.05) is 13.1 Å². The number of nitrogens with zero attached hydrogens (tertiary/aromatic N) is 1. The minimum absolute atomic E-state index is 0.241. The van der Waals surface area contributed by atoms with Crippen LogP contribution in [0.2, 0.25) is 0 Å². The molecule has 1 fully saturated rings. The zero-order valence-corrected chi connectivity index (χ0v) is 8.86. The fourth-order valence-corrected chi connectivity index (χ4v) is 1.46. The summed E-state index contributed by atoms with van der Waals surface area (Å²) < 4.78 is 0. The van der Waals surface area contributed by atoms with Crippen LogP contribution in [0, 0.1) is 0 Å². The third-order valence-corrected chi connectivity index (χ3v) is 2.45. The Kier molecular flexibility index (Phi) is 3.18. The minimum Gasteiger partial charge on any atom is -0.480 e. The van der Waals surface area contributed by atoms with Crippen LogP contribution in [0.1, 0.15) is 20.3 Å². The van der Waals surface area contributed by atoms with Gasteiger partial charge in [0.2, 0.25) is 0 Å². The molecule has 0 radical (unpaired) electrons. The number of likely N-dealkylation sites (tertiary alicyclic amines) is 1. The van der Waals surface area contributed by atoms with Crippen LogP contribution in [-0.4, -0.2) is 51.8 Å². The lowest BCUT2D eigenvalue weighted by molar-refractivity contribution is -0.138. The lowest BCUT2D eigenvalue weighted by Crippen LogP contribution is -2.46. The van der Waals surface area contributed by atoms with Crippen molar-refractivity contribution in [1.82, 2.24) is 10.2 Å². The fourth-order valence-electron chi connectivity index (χ4n) is 1.46. The lowest BCUT2D eigenvalue weighted by atomic mass is 10.1. The van der Waals surface area contributed by atoms with E-state index < -0.39 is 23.6 Å². The van der Waals surface area contributed by atoms with Crippen LogP contribution in [0.5, 0.6) is 0 Å². The molecule has 6 nitrogen and oxygen atoms in total. The van der Waals surface area contributed by atoms with Gasteiger partial charge >= 0.3 is 12.0 Å². The molecule has 0 saturated carbocycles. The molecule has 1 saturated heterocycles. The summed E-state index contributed by atoms with van der Waals surface area (Å²) in [5.74, 6) is -1.07. The summed E-state index contributed by atoms with van der Waals surface area (Å²) in [6, 6.07) is -1.36. The number of β-amino-alcohol motifs (C(OH)–C–C–N with tert-alkyl or cyclic N) is 1. The molecule has 1 heterocycles. The summed E-state index contributed by atoms with van der Waals surface area (Å²) in [4.78, 5) is 23.4. The first-order valence-electron chi connectivity index (χ1n) is 4.82. The van der Waals surface area contributed by atoms with Crippen LogP contribution in [0.3, 0.4) is 0 Å². The average Bonchev–Trinajstić information content (AvgIpc) is 2.45. The van der Waals surface area contributed by atoms with Crippen molar-refractivity contribution in [2.45, 2.75) is 31.9 Å². The summed E-state index contributed by atoms with van der Waals surface area (Å²) in [5, 5.41) is 20.5. The first-order valence-corrected chi connectivity index (χ1v) is 4.82. The van der Waals surface area contributed by atoms with Crippen molar-refractivity contribution in [2.24, 2.45) is 0 Å². The summed E-state index contributed by atoms with van der Waals surface area (Å²) in [6.45, 7) is 3.74. The van der Waals surface area contributed by atoms with Gasteiger partial charge in [-0.2, -0.15) is 0 Å². The molecule has 2 atom stereocenters. The molecular weight excluding hydrogens is 200 g/mol. The number of hydrogen-bond donors (Lipinski definition) is 3. The maximum atomic E-state index is 11.5. The molecule has 0 aliphatic carbocycles. The van der Waals surface area contributed by atoms with Crippen LogP contribution in [0.25, 0.3) is 0 Å². The molecular formula is C9H16N2O4. The Morgan fingerprint density at radius 3 is 2.53 bits per heavy atom. The van der Waals surface area contributed by atoms with Gasteiger partial charge in [-0.15, -0.1) is 0 Å². The monoisotopic (exact) mass is 216 g/mol. The van der Waals surface area contributed by atoms with Gasteiger partial charge in [-0.3, -0.25) is 4.79 Å². The highest BCUT2D eigenvalue weighted by atomic mass is 16.4. The van der Waals surface area contributed by atoms with Gasteiger partial charge in [-0.05, 0) is 20.3 Å². The van der Waals surface area contributed by atoms with Gasteiger partial charge in [0, 0.05) is 6.54 Å². The first-order chi connectivity index (χ1) is 6.82. The van der Waals surface area contributed by atoms with Crippen LogP contribution < -0.4 is 5.32 Å². The number of carboxylic acids is 1. The third-order valence-electron chi connectivity index (χ3n) is 2.45. The quantitative estimate of drug-likeness (QED) is 0.587. The maximum Gasteiger partial charge on any atom is 0.325 e. The number of urea groups is 1. The highest BCUT2D eigenvalue weighted by Gasteiger charge is 2.34. The van der Waals surface area contributed by atoms with E-state index in [9.17, 15) is 14.7 Å². The SMILES string of the molecule is C[C@H](NC(=O)N1CCC(C)(O)C1)C(=O)O. The van der Waals surface area contributed by atoms with E-state index in [-0.39, 0.29) is 6.54 Å². The molecule has 1 unspecified atom stereocenters. The van der Waals surface area contributed by atoms with E-state index in [1.165, 1.54) is 11.8 Å². The molecule has 3 N–H and O–H groups in total. The first kappa shape index (κ1) is 11.8. The molecule has 15 heavy (non-hydrogen) atoms. The Balaban J connectivity index is 2.46. The standard InChI is InChI=1S/C9H16N2O4/c1-6(7(12)13)10-8(14)11-4-3-9(2,15)5-11/h6,15H,3-5H2,1-2H3,(H,10,14)(H,12,13)/t6-,9?/m0/s1. The van der Waals surface area contributed by atoms with E-state index in [0.717, 1.165) is 0 Å². The summed E-state index contributed by atoms with van der Waals surface area (Å²) in [5.41, 5.74) is -0.857. The zero-order chi connectivity index (χ0) is 11.6. The molecule has 0 aromatic rings. The van der Waals surface area contributed by atoms with Gasteiger partial charge in [0.05, 0.1) is 12.1 Å². The van der Waals surface area contributed by atoms with E-state index in [1.54, 1.807) is 6.92 Å². The van der Waals surface area contributed by atoms with Crippen LogP contribution >= 0.6 is 0 Å². The molecule has 1 rings (SSSR count). The molecule has 1 aliphatic heterocycles. The number of aliphatic carboxylic acids is 1. The number of carboxylic acid groups (broad SMARTS) is 1. The van der Waals surface area contributed by atoms with Gasteiger partial charge in [-0.25, -0.2) is 4.79 Å². The highest BCUT2D eigenvalue weighted by Crippen LogP contribution is 2.19.